The molecule has 3 heteroatoms. The predicted octanol–water partition coefficient (Wildman–Crippen LogP) is 9.17. The van der Waals surface area contributed by atoms with E-state index < -0.39 is 0 Å². The number of benzene rings is 6. The highest BCUT2D eigenvalue weighted by Gasteiger charge is 2.42. The van der Waals surface area contributed by atoms with Crippen molar-refractivity contribution in [2.75, 3.05) is 0 Å². The number of hydrogen-bond donors (Lipinski definition) is 0. The Hall–Kier alpha value is -5.80. The molecule has 2 aliphatic rings. The summed E-state index contributed by atoms with van der Waals surface area (Å²) in [4.78, 5) is 0. The first-order valence-corrected chi connectivity index (χ1v) is 15.2. The summed E-state index contributed by atoms with van der Waals surface area (Å²) < 4.78 is 13.7. The lowest BCUT2D eigenvalue weighted by atomic mass is 9.34. The molecule has 0 bridgehead atoms. The predicted molar refractivity (Wildman–Crippen MR) is 189 cm³/mol. The number of allylic oxidation sites excluding steroid dienone is 4. The van der Waals surface area contributed by atoms with Gasteiger partial charge in [-0.2, -0.15) is 0 Å². The van der Waals surface area contributed by atoms with Crippen LogP contribution in [-0.2, 0) is 0 Å². The second-order valence-electron chi connectivity index (χ2n) is 11.3. The molecule has 6 aromatic rings. The standard InChI is InChI=1S/C42H29BO2/c1-3-14-28(4-2)30-17-12-19-32(25-30)34-27-35(33-20-13-18-31(26-33)29-15-6-5-7-16-29)42-40-41(34)44-38-23-10-8-21-36(38)43(40)37-22-9-11-24-39(37)45-42/h3-27H,1-2H2/b28-14+. The van der Waals surface area contributed by atoms with Gasteiger partial charge in [-0.3, -0.25) is 0 Å². The van der Waals surface area contributed by atoms with Crippen LogP contribution in [-0.4, -0.2) is 6.71 Å². The molecule has 0 N–H and O–H groups in total. The summed E-state index contributed by atoms with van der Waals surface area (Å²) in [7, 11) is 0. The Morgan fingerprint density at radius 1 is 0.533 bits per heavy atom. The lowest BCUT2D eigenvalue weighted by Gasteiger charge is -2.35. The van der Waals surface area contributed by atoms with Gasteiger partial charge in [0.25, 0.3) is 6.71 Å². The number of hydrogen-bond acceptors (Lipinski definition) is 2. The van der Waals surface area contributed by atoms with Gasteiger partial charge in [0.1, 0.15) is 23.0 Å². The first kappa shape index (κ1) is 26.8. The van der Waals surface area contributed by atoms with Gasteiger partial charge in [-0.05, 0) is 74.6 Å². The first-order valence-electron chi connectivity index (χ1n) is 15.2. The van der Waals surface area contributed by atoms with Gasteiger partial charge in [0.05, 0.1) is 0 Å². The monoisotopic (exact) mass is 576 g/mol. The largest absolute Gasteiger partial charge is 0.458 e. The second-order valence-corrected chi connectivity index (χ2v) is 11.3. The van der Waals surface area contributed by atoms with Gasteiger partial charge in [0, 0.05) is 16.6 Å². The highest BCUT2D eigenvalue weighted by atomic mass is 16.5. The van der Waals surface area contributed by atoms with E-state index in [-0.39, 0.29) is 6.71 Å². The Morgan fingerprint density at radius 3 is 1.73 bits per heavy atom. The Bertz CT molecular complexity index is 2150. The molecule has 2 nitrogen and oxygen atoms in total. The molecule has 0 saturated carbocycles. The minimum atomic E-state index is -0.0338. The molecule has 0 amide bonds. The molecule has 0 radical (unpaired) electrons. The molecule has 212 valence electrons. The van der Waals surface area contributed by atoms with E-state index in [1.165, 1.54) is 5.56 Å². The molecule has 0 aliphatic carbocycles. The summed E-state index contributed by atoms with van der Waals surface area (Å²) >= 11 is 0. The normalized spacial score (nSPS) is 12.6. The van der Waals surface area contributed by atoms with E-state index in [0.29, 0.717) is 0 Å². The highest BCUT2D eigenvalue weighted by molar-refractivity contribution is 6.98. The van der Waals surface area contributed by atoms with Crippen molar-refractivity contribution < 1.29 is 9.47 Å². The van der Waals surface area contributed by atoms with Crippen LogP contribution in [0.25, 0.3) is 39.0 Å². The number of ether oxygens (including phenoxy) is 2. The zero-order valence-electron chi connectivity index (χ0n) is 24.7. The van der Waals surface area contributed by atoms with Crippen molar-refractivity contribution in [3.05, 3.63) is 170 Å². The van der Waals surface area contributed by atoms with Crippen LogP contribution >= 0.6 is 0 Å². The molecule has 2 heterocycles. The summed E-state index contributed by atoms with van der Waals surface area (Å²) in [6.07, 6.45) is 5.65. The third kappa shape index (κ3) is 4.52. The minimum absolute atomic E-state index is 0.0338. The van der Waals surface area contributed by atoms with Crippen molar-refractivity contribution in [1.82, 2.24) is 0 Å². The molecule has 0 atom stereocenters. The van der Waals surface area contributed by atoms with Crippen LogP contribution in [0.15, 0.2) is 165 Å². The Morgan fingerprint density at radius 2 is 1.09 bits per heavy atom. The Kier molecular flexibility index (Phi) is 6.58. The van der Waals surface area contributed by atoms with Crippen LogP contribution in [0.5, 0.6) is 23.0 Å². The number of rotatable bonds is 6. The maximum absolute atomic E-state index is 6.86. The van der Waals surface area contributed by atoms with Crippen molar-refractivity contribution >= 4 is 28.7 Å². The van der Waals surface area contributed by atoms with Crippen LogP contribution in [0.3, 0.4) is 0 Å². The fourth-order valence-electron chi connectivity index (χ4n) is 6.67. The van der Waals surface area contributed by atoms with Crippen LogP contribution < -0.4 is 25.9 Å². The molecular weight excluding hydrogens is 547 g/mol. The SMILES string of the molecule is C=C/C=C(\C=C)c1cccc(-c2cc(-c3cccc(-c4ccccc4)c3)c3c4c2Oc2ccccc2B4c2ccccc2O3)c1. The Labute approximate surface area is 264 Å². The zero-order chi connectivity index (χ0) is 30.3. The second kappa shape index (κ2) is 11.0. The third-order valence-corrected chi connectivity index (χ3v) is 8.74. The fraction of sp³-hybridized carbons (Fsp3) is 0. The van der Waals surface area contributed by atoms with Gasteiger partial charge in [-0.1, -0.05) is 135 Å². The summed E-state index contributed by atoms with van der Waals surface area (Å²) in [6, 6.07) is 46.7. The van der Waals surface area contributed by atoms with Crippen LogP contribution in [0.4, 0.5) is 0 Å². The van der Waals surface area contributed by atoms with Gasteiger partial charge in [0.15, 0.2) is 0 Å². The van der Waals surface area contributed by atoms with Gasteiger partial charge < -0.3 is 9.47 Å². The van der Waals surface area contributed by atoms with Crippen molar-refractivity contribution in [2.24, 2.45) is 0 Å². The van der Waals surface area contributed by atoms with E-state index >= 15 is 0 Å². The van der Waals surface area contributed by atoms with Gasteiger partial charge in [-0.25, -0.2) is 0 Å². The van der Waals surface area contributed by atoms with Crippen molar-refractivity contribution in [1.29, 1.82) is 0 Å². The van der Waals surface area contributed by atoms with E-state index in [9.17, 15) is 0 Å². The summed E-state index contributed by atoms with van der Waals surface area (Å²) in [5.74, 6) is 3.41. The molecule has 6 aromatic carbocycles. The molecule has 0 aromatic heterocycles. The quantitative estimate of drug-likeness (QED) is 0.145. The minimum Gasteiger partial charge on any atom is -0.458 e. The maximum Gasteiger partial charge on any atom is 0.260 e. The highest BCUT2D eigenvalue weighted by Crippen LogP contribution is 2.46. The molecular formula is C42H29BO2. The smallest absolute Gasteiger partial charge is 0.260 e. The summed E-state index contributed by atoms with van der Waals surface area (Å²) in [6.45, 7) is 7.91. The average Bonchev–Trinajstić information content (AvgIpc) is 3.11. The molecule has 0 fully saturated rings. The lowest BCUT2D eigenvalue weighted by Crippen LogP contribution is -2.57. The lowest BCUT2D eigenvalue weighted by molar-refractivity contribution is 0.467. The molecule has 0 saturated heterocycles. The molecule has 2 aliphatic heterocycles. The van der Waals surface area contributed by atoms with Crippen LogP contribution in [0.2, 0.25) is 0 Å². The third-order valence-electron chi connectivity index (χ3n) is 8.74. The molecule has 8 rings (SSSR count). The zero-order valence-corrected chi connectivity index (χ0v) is 24.7. The summed E-state index contributed by atoms with van der Waals surface area (Å²) in [5, 5.41) is 0. The molecule has 0 spiro atoms. The van der Waals surface area contributed by atoms with E-state index in [1.807, 2.05) is 30.4 Å². The van der Waals surface area contributed by atoms with Gasteiger partial charge in [-0.15, -0.1) is 0 Å². The van der Waals surface area contributed by atoms with E-state index in [0.717, 1.165) is 78.3 Å². The van der Waals surface area contributed by atoms with E-state index in [1.54, 1.807) is 6.08 Å². The summed E-state index contributed by atoms with van der Waals surface area (Å²) in [5.41, 5.74) is 11.9. The van der Waals surface area contributed by atoms with Gasteiger partial charge in [0.2, 0.25) is 0 Å². The topological polar surface area (TPSA) is 18.5 Å². The molecule has 0 unspecified atom stereocenters. The van der Waals surface area contributed by atoms with Crippen LogP contribution in [0.1, 0.15) is 5.56 Å². The van der Waals surface area contributed by atoms with Crippen molar-refractivity contribution in [3.63, 3.8) is 0 Å². The fourth-order valence-corrected chi connectivity index (χ4v) is 6.67. The first-order chi connectivity index (χ1) is 22.2. The Balaban J connectivity index is 1.43. The number of fused-ring (bicyclic) bond motifs is 4. The van der Waals surface area contributed by atoms with E-state index in [4.69, 9.17) is 9.47 Å². The average molecular weight is 577 g/mol. The number of para-hydroxylation sites is 2. The van der Waals surface area contributed by atoms with Crippen molar-refractivity contribution in [3.8, 4) is 56.4 Å². The van der Waals surface area contributed by atoms with Crippen molar-refractivity contribution in [2.45, 2.75) is 0 Å². The van der Waals surface area contributed by atoms with E-state index in [2.05, 4.69) is 128 Å². The molecule has 45 heavy (non-hydrogen) atoms. The van der Waals surface area contributed by atoms with Gasteiger partial charge >= 0.3 is 0 Å². The van der Waals surface area contributed by atoms with Crippen LogP contribution in [0, 0.1) is 0 Å². The maximum atomic E-state index is 6.86.